The lowest BCUT2D eigenvalue weighted by Gasteiger charge is -2.15. The number of hydrogen-bond acceptors (Lipinski definition) is 5. The standard InChI is InChI=1S/C19H27N5O2.HI/c1-3-6-17-23-18(26-24-17)15-8-4-7-14(11-15)12-21-19(20-2)22-13-16-9-5-10-25-16;/h4,7-8,11,16H,3,5-6,9-10,12-13H2,1-2H3,(H2,20,21,22);1H. The van der Waals surface area contributed by atoms with Crippen LogP contribution in [0.25, 0.3) is 11.5 Å². The van der Waals surface area contributed by atoms with Gasteiger partial charge in [-0.25, -0.2) is 0 Å². The summed E-state index contributed by atoms with van der Waals surface area (Å²) in [5.74, 6) is 2.09. The van der Waals surface area contributed by atoms with Gasteiger partial charge in [0.15, 0.2) is 11.8 Å². The molecule has 8 heteroatoms. The predicted octanol–water partition coefficient (Wildman–Crippen LogP) is 3.15. The first-order valence-corrected chi connectivity index (χ1v) is 9.26. The number of rotatable bonds is 7. The Morgan fingerprint density at radius 3 is 2.96 bits per heavy atom. The fraction of sp³-hybridized carbons (Fsp3) is 0.526. The first kappa shape index (κ1) is 21.6. The van der Waals surface area contributed by atoms with Gasteiger partial charge in [-0.3, -0.25) is 4.99 Å². The SMILES string of the molecule is CCCc1noc(-c2cccc(CNC(=NC)NCC3CCCO3)c2)n1.I. The number of nitrogens with one attached hydrogen (secondary N) is 2. The number of halogens is 1. The number of ether oxygens (including phenoxy) is 1. The molecule has 0 bridgehead atoms. The smallest absolute Gasteiger partial charge is 0.257 e. The van der Waals surface area contributed by atoms with E-state index in [0.29, 0.717) is 12.4 Å². The molecule has 148 valence electrons. The Kier molecular flexibility index (Phi) is 8.99. The summed E-state index contributed by atoms with van der Waals surface area (Å²) in [4.78, 5) is 8.71. The molecule has 7 nitrogen and oxygen atoms in total. The topological polar surface area (TPSA) is 84.6 Å². The van der Waals surface area contributed by atoms with Crippen LogP contribution < -0.4 is 10.6 Å². The summed E-state index contributed by atoms with van der Waals surface area (Å²) in [7, 11) is 1.77. The number of aliphatic imine (C=N–C) groups is 1. The zero-order chi connectivity index (χ0) is 18.2. The fourth-order valence-electron chi connectivity index (χ4n) is 2.93. The highest BCUT2D eigenvalue weighted by molar-refractivity contribution is 14.0. The number of nitrogens with zero attached hydrogens (tertiary/aromatic N) is 3. The van der Waals surface area contributed by atoms with E-state index >= 15 is 0 Å². The molecule has 2 N–H and O–H groups in total. The van der Waals surface area contributed by atoms with Crippen molar-refractivity contribution in [2.75, 3.05) is 20.2 Å². The molecule has 1 aromatic carbocycles. The maximum atomic E-state index is 5.63. The van der Waals surface area contributed by atoms with Crippen molar-refractivity contribution in [1.29, 1.82) is 0 Å². The molecule has 0 amide bonds. The minimum atomic E-state index is 0. The summed E-state index contributed by atoms with van der Waals surface area (Å²) in [6, 6.07) is 8.10. The van der Waals surface area contributed by atoms with E-state index in [1.165, 1.54) is 0 Å². The second-order valence-corrected chi connectivity index (χ2v) is 6.41. The molecule has 1 saturated heterocycles. The van der Waals surface area contributed by atoms with Gasteiger partial charge in [0.1, 0.15) is 0 Å². The van der Waals surface area contributed by atoms with Crippen LogP contribution >= 0.6 is 24.0 Å². The zero-order valence-electron chi connectivity index (χ0n) is 15.9. The van der Waals surface area contributed by atoms with Crippen molar-refractivity contribution < 1.29 is 9.26 Å². The van der Waals surface area contributed by atoms with E-state index in [2.05, 4.69) is 44.8 Å². The van der Waals surface area contributed by atoms with E-state index in [-0.39, 0.29) is 30.1 Å². The summed E-state index contributed by atoms with van der Waals surface area (Å²) < 4.78 is 11.0. The lowest BCUT2D eigenvalue weighted by molar-refractivity contribution is 0.114. The summed E-state index contributed by atoms with van der Waals surface area (Å²) in [5, 5.41) is 10.7. The molecule has 2 heterocycles. The number of aromatic nitrogens is 2. The van der Waals surface area contributed by atoms with Gasteiger partial charge in [0.25, 0.3) is 5.89 Å². The Balaban J connectivity index is 0.00000261. The van der Waals surface area contributed by atoms with Crippen LogP contribution in [0, 0.1) is 0 Å². The molecule has 3 rings (SSSR count). The molecule has 0 aliphatic carbocycles. The van der Waals surface area contributed by atoms with Gasteiger partial charge in [0, 0.05) is 38.7 Å². The lowest BCUT2D eigenvalue weighted by atomic mass is 10.1. The van der Waals surface area contributed by atoms with Crippen molar-refractivity contribution in [2.45, 2.75) is 45.3 Å². The van der Waals surface area contributed by atoms with Crippen molar-refractivity contribution in [3.8, 4) is 11.5 Å². The van der Waals surface area contributed by atoms with E-state index in [1.54, 1.807) is 7.05 Å². The van der Waals surface area contributed by atoms with Crippen molar-refractivity contribution in [1.82, 2.24) is 20.8 Å². The third-order valence-electron chi connectivity index (χ3n) is 4.32. The van der Waals surface area contributed by atoms with Gasteiger partial charge in [-0.1, -0.05) is 24.2 Å². The van der Waals surface area contributed by atoms with Crippen molar-refractivity contribution in [3.05, 3.63) is 35.7 Å². The summed E-state index contributed by atoms with van der Waals surface area (Å²) >= 11 is 0. The molecule has 0 saturated carbocycles. The minimum Gasteiger partial charge on any atom is -0.376 e. The van der Waals surface area contributed by atoms with E-state index in [4.69, 9.17) is 9.26 Å². The third kappa shape index (κ3) is 6.46. The summed E-state index contributed by atoms with van der Waals surface area (Å²) in [6.07, 6.45) is 4.36. The van der Waals surface area contributed by atoms with E-state index < -0.39 is 0 Å². The second kappa shape index (κ2) is 11.2. The molecule has 1 aliphatic rings. The van der Waals surface area contributed by atoms with Crippen molar-refractivity contribution in [3.63, 3.8) is 0 Å². The normalized spacial score (nSPS) is 16.8. The van der Waals surface area contributed by atoms with Crippen LogP contribution in [-0.2, 0) is 17.7 Å². The van der Waals surface area contributed by atoms with Crippen LogP contribution in [0.2, 0.25) is 0 Å². The van der Waals surface area contributed by atoms with Gasteiger partial charge < -0.3 is 19.9 Å². The Morgan fingerprint density at radius 2 is 2.22 bits per heavy atom. The van der Waals surface area contributed by atoms with Gasteiger partial charge in [-0.05, 0) is 37.0 Å². The fourth-order valence-corrected chi connectivity index (χ4v) is 2.93. The monoisotopic (exact) mass is 485 g/mol. The largest absolute Gasteiger partial charge is 0.376 e. The number of guanidine groups is 1. The Bertz CT molecular complexity index is 728. The molecule has 0 radical (unpaired) electrons. The van der Waals surface area contributed by atoms with Crippen LogP contribution in [0.15, 0.2) is 33.8 Å². The molecule has 2 aromatic rings. The Labute approximate surface area is 177 Å². The Hall–Kier alpha value is -1.68. The number of aryl methyl sites for hydroxylation is 1. The van der Waals surface area contributed by atoms with Gasteiger partial charge in [0.2, 0.25) is 0 Å². The van der Waals surface area contributed by atoms with Crippen molar-refractivity contribution in [2.24, 2.45) is 4.99 Å². The first-order valence-electron chi connectivity index (χ1n) is 9.26. The lowest BCUT2D eigenvalue weighted by Crippen LogP contribution is -2.40. The van der Waals surface area contributed by atoms with Crippen LogP contribution in [-0.4, -0.2) is 42.4 Å². The van der Waals surface area contributed by atoms with Gasteiger partial charge in [-0.2, -0.15) is 4.98 Å². The minimum absolute atomic E-state index is 0. The molecule has 0 spiro atoms. The molecule has 1 fully saturated rings. The highest BCUT2D eigenvalue weighted by Gasteiger charge is 2.15. The zero-order valence-corrected chi connectivity index (χ0v) is 18.2. The van der Waals surface area contributed by atoms with Gasteiger partial charge >= 0.3 is 0 Å². The maximum Gasteiger partial charge on any atom is 0.257 e. The van der Waals surface area contributed by atoms with Crippen molar-refractivity contribution >= 4 is 29.9 Å². The predicted molar refractivity (Wildman–Crippen MR) is 116 cm³/mol. The summed E-state index contributed by atoms with van der Waals surface area (Å²) in [5.41, 5.74) is 2.05. The number of hydrogen-bond donors (Lipinski definition) is 2. The molecule has 1 atom stereocenters. The van der Waals surface area contributed by atoms with Crippen LogP contribution in [0.1, 0.15) is 37.6 Å². The average Bonchev–Trinajstić information content (AvgIpc) is 3.34. The maximum absolute atomic E-state index is 5.63. The molecular formula is C19H28IN5O2. The van der Waals surface area contributed by atoms with E-state index in [9.17, 15) is 0 Å². The highest BCUT2D eigenvalue weighted by atomic mass is 127. The van der Waals surface area contributed by atoms with Crippen LogP contribution in [0.5, 0.6) is 0 Å². The molecule has 1 unspecified atom stereocenters. The molecule has 27 heavy (non-hydrogen) atoms. The molecule has 1 aliphatic heterocycles. The van der Waals surface area contributed by atoms with Crippen LogP contribution in [0.4, 0.5) is 0 Å². The second-order valence-electron chi connectivity index (χ2n) is 6.41. The quantitative estimate of drug-likeness (QED) is 0.356. The Morgan fingerprint density at radius 1 is 1.33 bits per heavy atom. The average molecular weight is 485 g/mol. The first-order chi connectivity index (χ1) is 12.8. The van der Waals surface area contributed by atoms with Gasteiger partial charge in [-0.15, -0.1) is 24.0 Å². The number of benzene rings is 1. The van der Waals surface area contributed by atoms with E-state index in [1.807, 2.05) is 12.1 Å². The highest BCUT2D eigenvalue weighted by Crippen LogP contribution is 2.19. The van der Waals surface area contributed by atoms with Gasteiger partial charge in [0.05, 0.1) is 6.10 Å². The summed E-state index contributed by atoms with van der Waals surface area (Å²) in [6.45, 7) is 4.40. The third-order valence-corrected chi connectivity index (χ3v) is 4.32. The van der Waals surface area contributed by atoms with E-state index in [0.717, 1.165) is 61.7 Å². The van der Waals surface area contributed by atoms with Crippen LogP contribution in [0.3, 0.4) is 0 Å². The molecular weight excluding hydrogens is 457 g/mol. The molecule has 1 aromatic heterocycles.